The third-order valence-electron chi connectivity index (χ3n) is 2.78. The van der Waals surface area contributed by atoms with Crippen LogP contribution in [-0.4, -0.2) is 27.4 Å². The first-order chi connectivity index (χ1) is 9.31. The zero-order valence-corrected chi connectivity index (χ0v) is 11.0. The van der Waals surface area contributed by atoms with Crippen molar-refractivity contribution < 1.29 is 4.79 Å². The van der Waals surface area contributed by atoms with Gasteiger partial charge < -0.3 is 5.32 Å². The zero-order chi connectivity index (χ0) is 13.5. The summed E-state index contributed by atoms with van der Waals surface area (Å²) in [6, 6.07) is 9.52. The highest BCUT2D eigenvalue weighted by atomic mass is 16.2. The number of benzene rings is 1. The Morgan fingerprint density at radius 2 is 2.05 bits per heavy atom. The summed E-state index contributed by atoms with van der Waals surface area (Å²) in [4.78, 5) is 13.3. The molecule has 100 valence electrons. The maximum atomic E-state index is 11.8. The van der Waals surface area contributed by atoms with Crippen molar-refractivity contribution in [3.8, 4) is 5.69 Å². The van der Waals surface area contributed by atoms with E-state index in [-0.39, 0.29) is 5.91 Å². The average molecular weight is 258 g/mol. The molecule has 1 aromatic carbocycles. The van der Waals surface area contributed by atoms with E-state index in [4.69, 9.17) is 0 Å². The second kappa shape index (κ2) is 6.68. The molecule has 5 nitrogen and oxygen atoms in total. The van der Waals surface area contributed by atoms with Crippen LogP contribution in [0, 0.1) is 0 Å². The highest BCUT2D eigenvalue weighted by Crippen LogP contribution is 2.04. The maximum Gasteiger partial charge on any atom is 0.273 e. The first kappa shape index (κ1) is 13.3. The Labute approximate surface area is 112 Å². The molecular weight excluding hydrogens is 240 g/mol. The minimum absolute atomic E-state index is 0.168. The molecule has 0 saturated carbocycles. The Bertz CT molecular complexity index is 521. The Morgan fingerprint density at radius 3 is 2.79 bits per heavy atom. The summed E-state index contributed by atoms with van der Waals surface area (Å²) < 4.78 is 0. The van der Waals surface area contributed by atoms with Gasteiger partial charge in [-0.25, -0.2) is 0 Å². The van der Waals surface area contributed by atoms with E-state index in [1.807, 2.05) is 30.3 Å². The third kappa shape index (κ3) is 3.64. The smallest absolute Gasteiger partial charge is 0.273 e. The summed E-state index contributed by atoms with van der Waals surface area (Å²) >= 11 is 0. The number of nitrogens with one attached hydrogen (secondary N) is 1. The topological polar surface area (TPSA) is 59.8 Å². The molecule has 1 N–H and O–H groups in total. The zero-order valence-electron chi connectivity index (χ0n) is 11.0. The second-order valence-corrected chi connectivity index (χ2v) is 4.32. The van der Waals surface area contributed by atoms with E-state index in [1.54, 1.807) is 0 Å². The van der Waals surface area contributed by atoms with E-state index >= 15 is 0 Å². The molecule has 19 heavy (non-hydrogen) atoms. The predicted octanol–water partition coefficient (Wildman–Crippen LogP) is 2.19. The molecule has 0 atom stereocenters. The van der Waals surface area contributed by atoms with Crippen molar-refractivity contribution in [1.82, 2.24) is 20.3 Å². The summed E-state index contributed by atoms with van der Waals surface area (Å²) in [5.41, 5.74) is 1.19. The largest absolute Gasteiger partial charge is 0.351 e. The number of carbonyl (C=O) groups excluding carboxylic acids is 1. The molecule has 0 bridgehead atoms. The van der Waals surface area contributed by atoms with Gasteiger partial charge in [0.15, 0.2) is 5.69 Å². The molecule has 2 aromatic rings. The Kier molecular flexibility index (Phi) is 4.66. The fourth-order valence-corrected chi connectivity index (χ4v) is 1.72. The van der Waals surface area contributed by atoms with Crippen LogP contribution in [0.2, 0.25) is 0 Å². The molecule has 0 aliphatic heterocycles. The second-order valence-electron chi connectivity index (χ2n) is 4.32. The first-order valence-corrected chi connectivity index (χ1v) is 6.57. The van der Waals surface area contributed by atoms with Crippen LogP contribution in [0.5, 0.6) is 0 Å². The summed E-state index contributed by atoms with van der Waals surface area (Å²) in [7, 11) is 0. The molecule has 0 fully saturated rings. The number of unbranched alkanes of at least 4 members (excludes halogenated alkanes) is 2. The number of amides is 1. The van der Waals surface area contributed by atoms with Gasteiger partial charge in [0.1, 0.15) is 0 Å². The lowest BCUT2D eigenvalue weighted by Crippen LogP contribution is -2.25. The SMILES string of the molecule is CCCCCNC(=O)c1cnn(-c2ccccc2)n1. The number of hydrogen-bond acceptors (Lipinski definition) is 3. The fraction of sp³-hybridized carbons (Fsp3) is 0.357. The Balaban J connectivity index is 1.95. The van der Waals surface area contributed by atoms with Gasteiger partial charge in [-0.2, -0.15) is 9.90 Å². The third-order valence-corrected chi connectivity index (χ3v) is 2.78. The molecule has 1 aromatic heterocycles. The summed E-state index contributed by atoms with van der Waals surface area (Å²) in [5, 5.41) is 11.1. The van der Waals surface area contributed by atoms with Crippen LogP contribution in [0.1, 0.15) is 36.7 Å². The summed E-state index contributed by atoms with van der Waals surface area (Å²) in [6.07, 6.45) is 4.74. The molecule has 1 heterocycles. The van der Waals surface area contributed by atoms with Gasteiger partial charge >= 0.3 is 0 Å². The van der Waals surface area contributed by atoms with Gasteiger partial charge in [0.05, 0.1) is 11.9 Å². The van der Waals surface area contributed by atoms with Gasteiger partial charge in [-0.05, 0) is 18.6 Å². The van der Waals surface area contributed by atoms with Crippen LogP contribution in [0.15, 0.2) is 36.5 Å². The minimum Gasteiger partial charge on any atom is -0.351 e. The molecule has 2 rings (SSSR count). The Morgan fingerprint density at radius 1 is 1.26 bits per heavy atom. The Hall–Kier alpha value is -2.17. The van der Waals surface area contributed by atoms with Crippen LogP contribution in [-0.2, 0) is 0 Å². The number of carbonyl (C=O) groups is 1. The van der Waals surface area contributed by atoms with Crippen molar-refractivity contribution in [2.24, 2.45) is 0 Å². The van der Waals surface area contributed by atoms with Crippen LogP contribution < -0.4 is 5.32 Å². The molecule has 0 aliphatic carbocycles. The molecule has 0 spiro atoms. The molecule has 5 heteroatoms. The normalized spacial score (nSPS) is 10.4. The van der Waals surface area contributed by atoms with Crippen molar-refractivity contribution >= 4 is 5.91 Å². The number of hydrogen-bond donors (Lipinski definition) is 1. The van der Waals surface area contributed by atoms with E-state index < -0.39 is 0 Å². The minimum atomic E-state index is -0.168. The number of nitrogens with zero attached hydrogens (tertiary/aromatic N) is 3. The lowest BCUT2D eigenvalue weighted by atomic mass is 10.2. The quantitative estimate of drug-likeness (QED) is 0.808. The molecule has 1 amide bonds. The average Bonchev–Trinajstić information content (AvgIpc) is 2.94. The van der Waals surface area contributed by atoms with E-state index in [9.17, 15) is 4.79 Å². The lowest BCUT2D eigenvalue weighted by molar-refractivity contribution is 0.0947. The van der Waals surface area contributed by atoms with E-state index in [1.165, 1.54) is 11.0 Å². The van der Waals surface area contributed by atoms with Gasteiger partial charge in [-0.15, -0.1) is 5.10 Å². The van der Waals surface area contributed by atoms with Crippen LogP contribution >= 0.6 is 0 Å². The van der Waals surface area contributed by atoms with E-state index in [2.05, 4.69) is 22.4 Å². The van der Waals surface area contributed by atoms with Crippen LogP contribution in [0.3, 0.4) is 0 Å². The fourth-order valence-electron chi connectivity index (χ4n) is 1.72. The molecule has 0 aliphatic rings. The van der Waals surface area contributed by atoms with Gasteiger partial charge in [-0.3, -0.25) is 4.79 Å². The van der Waals surface area contributed by atoms with Crippen LogP contribution in [0.4, 0.5) is 0 Å². The number of para-hydroxylation sites is 1. The predicted molar refractivity (Wildman–Crippen MR) is 73.2 cm³/mol. The van der Waals surface area contributed by atoms with Crippen molar-refractivity contribution in [3.63, 3.8) is 0 Å². The monoisotopic (exact) mass is 258 g/mol. The van der Waals surface area contributed by atoms with Crippen molar-refractivity contribution in [1.29, 1.82) is 0 Å². The van der Waals surface area contributed by atoms with E-state index in [0.717, 1.165) is 24.9 Å². The van der Waals surface area contributed by atoms with Gasteiger partial charge in [0, 0.05) is 6.54 Å². The molecule has 0 radical (unpaired) electrons. The highest BCUT2D eigenvalue weighted by Gasteiger charge is 2.10. The van der Waals surface area contributed by atoms with Crippen molar-refractivity contribution in [2.45, 2.75) is 26.2 Å². The van der Waals surface area contributed by atoms with E-state index in [0.29, 0.717) is 12.2 Å². The molecule has 0 saturated heterocycles. The molecular formula is C14H18N4O. The van der Waals surface area contributed by atoms with Crippen molar-refractivity contribution in [2.75, 3.05) is 6.54 Å². The first-order valence-electron chi connectivity index (χ1n) is 6.57. The molecule has 0 unspecified atom stereocenters. The summed E-state index contributed by atoms with van der Waals surface area (Å²) in [5.74, 6) is -0.168. The van der Waals surface area contributed by atoms with Gasteiger partial charge in [0.25, 0.3) is 5.91 Å². The number of rotatable bonds is 6. The van der Waals surface area contributed by atoms with Gasteiger partial charge in [0.2, 0.25) is 0 Å². The van der Waals surface area contributed by atoms with Crippen LogP contribution in [0.25, 0.3) is 5.69 Å². The lowest BCUT2D eigenvalue weighted by Gasteiger charge is -2.01. The maximum absolute atomic E-state index is 11.8. The number of aromatic nitrogens is 3. The highest BCUT2D eigenvalue weighted by molar-refractivity contribution is 5.91. The van der Waals surface area contributed by atoms with Gasteiger partial charge in [-0.1, -0.05) is 38.0 Å². The summed E-state index contributed by atoms with van der Waals surface area (Å²) in [6.45, 7) is 2.82. The standard InChI is InChI=1S/C14H18N4O/c1-2-3-7-10-15-14(19)13-11-16-18(17-13)12-8-5-4-6-9-12/h4-6,8-9,11H,2-3,7,10H2,1H3,(H,15,19). The van der Waals surface area contributed by atoms with Crippen molar-refractivity contribution in [3.05, 3.63) is 42.2 Å².